The molecule has 0 spiro atoms. The smallest absolute Gasteiger partial charge is 0.416 e. The van der Waals surface area contributed by atoms with E-state index in [9.17, 15) is 9.59 Å². The highest BCUT2D eigenvalue weighted by Crippen LogP contribution is 2.13. The Morgan fingerprint density at radius 3 is 2.60 bits per heavy atom. The molecule has 0 saturated heterocycles. The highest BCUT2D eigenvalue weighted by molar-refractivity contribution is 5.85. The fourth-order valence-electron chi connectivity index (χ4n) is 1.92. The Morgan fingerprint density at radius 2 is 2.00 bits per heavy atom. The van der Waals surface area contributed by atoms with E-state index in [0.29, 0.717) is 11.4 Å². The number of para-hydroxylation sites is 1. The van der Waals surface area contributed by atoms with Crippen LogP contribution in [0.3, 0.4) is 0 Å². The number of aromatic nitrogens is 2. The zero-order valence-corrected chi connectivity index (χ0v) is 11.3. The number of rotatable bonds is 3. The first-order chi connectivity index (χ1) is 9.56. The summed E-state index contributed by atoms with van der Waals surface area (Å²) in [6.45, 7) is 5.03. The number of carbonyl (C=O) groups is 1. The second-order valence-electron chi connectivity index (χ2n) is 4.13. The monoisotopic (exact) mass is 273 g/mol. The van der Waals surface area contributed by atoms with E-state index in [-0.39, 0.29) is 11.2 Å². The molecule has 2 aromatic rings. The Morgan fingerprint density at radius 1 is 1.35 bits per heavy atom. The van der Waals surface area contributed by atoms with E-state index in [4.69, 9.17) is 0 Å². The molecule has 0 bridgehead atoms. The Hall–Kier alpha value is -2.76. The van der Waals surface area contributed by atoms with E-state index in [1.807, 2.05) is 30.3 Å². The summed E-state index contributed by atoms with van der Waals surface area (Å²) in [5.41, 5.74) is 1.20. The summed E-state index contributed by atoms with van der Waals surface area (Å²) in [6.07, 6.45) is 0.259. The van der Waals surface area contributed by atoms with Gasteiger partial charge in [-0.25, -0.2) is 9.48 Å². The van der Waals surface area contributed by atoms with Crippen molar-refractivity contribution in [3.8, 4) is 5.69 Å². The summed E-state index contributed by atoms with van der Waals surface area (Å²) in [6, 6.07) is 9.16. The first-order valence-electron chi connectivity index (χ1n) is 5.99. The lowest BCUT2D eigenvalue weighted by molar-refractivity contribution is 0.201. The minimum Gasteiger partial charge on any atom is -0.419 e. The minimum atomic E-state index is -0.744. The topological polar surface area (TPSA) is 65.3 Å². The molecule has 0 aliphatic rings. The Balaban J connectivity index is 2.50. The maximum absolute atomic E-state index is 12.4. The second kappa shape index (κ2) is 5.48. The van der Waals surface area contributed by atoms with Crippen LogP contribution in [0.5, 0.6) is 0 Å². The number of hydrogen-bond donors (Lipinski definition) is 1. The minimum absolute atomic E-state index is 0.184. The largest absolute Gasteiger partial charge is 0.419 e. The third-order valence-electron chi connectivity index (χ3n) is 2.97. The third kappa shape index (κ3) is 2.35. The molecular formula is C14H15N3O3. The van der Waals surface area contributed by atoms with Gasteiger partial charge in [0.2, 0.25) is 0 Å². The predicted molar refractivity (Wildman–Crippen MR) is 76.0 cm³/mol. The summed E-state index contributed by atoms with van der Waals surface area (Å²) >= 11 is 0. The van der Waals surface area contributed by atoms with Gasteiger partial charge in [0.1, 0.15) is 5.69 Å². The zero-order chi connectivity index (χ0) is 14.7. The van der Waals surface area contributed by atoms with E-state index >= 15 is 0 Å². The molecule has 2 rings (SSSR count). The lowest BCUT2D eigenvalue weighted by Crippen LogP contribution is -2.22. The molecule has 0 aliphatic carbocycles. The standard InChI is InChI=1S/C14H15N3O3/c1-4-20-14(19)15-12-10(2)16(3)17(13(12)18)11-8-6-5-7-9-11/h4-9H,1H2,2-3H3,(H,15,19). The Bertz CT molecular complexity index is 698. The van der Waals surface area contributed by atoms with Gasteiger partial charge in [0, 0.05) is 7.05 Å². The molecule has 1 amide bonds. The number of nitrogens with zero attached hydrogens (tertiary/aromatic N) is 2. The van der Waals surface area contributed by atoms with Gasteiger partial charge in [0.05, 0.1) is 17.6 Å². The van der Waals surface area contributed by atoms with Gasteiger partial charge in [-0.15, -0.1) is 0 Å². The summed E-state index contributed by atoms with van der Waals surface area (Å²) in [5, 5.41) is 2.42. The summed E-state index contributed by atoms with van der Waals surface area (Å²) in [4.78, 5) is 23.8. The van der Waals surface area contributed by atoms with Gasteiger partial charge < -0.3 is 4.74 Å². The number of anilines is 1. The van der Waals surface area contributed by atoms with Crippen LogP contribution in [0, 0.1) is 6.92 Å². The molecule has 1 N–H and O–H groups in total. The molecule has 0 atom stereocenters. The normalized spacial score (nSPS) is 10.1. The van der Waals surface area contributed by atoms with Gasteiger partial charge in [-0.2, -0.15) is 0 Å². The predicted octanol–water partition coefficient (Wildman–Crippen LogP) is 2.18. The fourth-order valence-corrected chi connectivity index (χ4v) is 1.92. The van der Waals surface area contributed by atoms with Gasteiger partial charge in [0.25, 0.3) is 5.56 Å². The van der Waals surface area contributed by atoms with Gasteiger partial charge in [0.15, 0.2) is 0 Å². The van der Waals surface area contributed by atoms with E-state index in [2.05, 4.69) is 16.6 Å². The fraction of sp³-hybridized carbons (Fsp3) is 0.143. The van der Waals surface area contributed by atoms with Crippen molar-refractivity contribution in [1.29, 1.82) is 0 Å². The Labute approximate surface area is 115 Å². The quantitative estimate of drug-likeness (QED) is 0.872. The van der Waals surface area contributed by atoms with Crippen molar-refractivity contribution >= 4 is 11.8 Å². The van der Waals surface area contributed by atoms with Crippen LogP contribution in [0.15, 0.2) is 48.0 Å². The molecule has 104 valence electrons. The van der Waals surface area contributed by atoms with Crippen LogP contribution in [0.1, 0.15) is 5.69 Å². The Kier molecular flexibility index (Phi) is 3.74. The van der Waals surface area contributed by atoms with Crippen molar-refractivity contribution in [2.75, 3.05) is 5.32 Å². The average Bonchev–Trinajstić information content (AvgIpc) is 2.64. The van der Waals surface area contributed by atoms with Crippen molar-refractivity contribution < 1.29 is 9.53 Å². The molecule has 0 fully saturated rings. The van der Waals surface area contributed by atoms with Gasteiger partial charge in [-0.1, -0.05) is 24.8 Å². The number of nitrogens with one attached hydrogen (secondary N) is 1. The summed E-state index contributed by atoms with van der Waals surface area (Å²) in [7, 11) is 1.74. The first kappa shape index (κ1) is 13.7. The lowest BCUT2D eigenvalue weighted by Gasteiger charge is -2.07. The third-order valence-corrected chi connectivity index (χ3v) is 2.97. The van der Waals surface area contributed by atoms with Crippen molar-refractivity contribution in [1.82, 2.24) is 9.36 Å². The number of amides is 1. The zero-order valence-electron chi connectivity index (χ0n) is 11.3. The maximum atomic E-state index is 12.4. The highest BCUT2D eigenvalue weighted by atomic mass is 16.5. The number of hydrogen-bond acceptors (Lipinski definition) is 3. The maximum Gasteiger partial charge on any atom is 0.416 e. The first-order valence-corrected chi connectivity index (χ1v) is 5.99. The molecule has 1 aromatic carbocycles. The molecule has 0 aliphatic heterocycles. The number of carbonyl (C=O) groups excluding carboxylic acids is 1. The van der Waals surface area contributed by atoms with E-state index in [0.717, 1.165) is 6.26 Å². The number of ether oxygens (including phenoxy) is 1. The van der Waals surface area contributed by atoms with E-state index in [1.54, 1.807) is 18.7 Å². The van der Waals surface area contributed by atoms with Gasteiger partial charge >= 0.3 is 6.09 Å². The van der Waals surface area contributed by atoms with Crippen LogP contribution < -0.4 is 10.9 Å². The molecule has 6 nitrogen and oxygen atoms in total. The highest BCUT2D eigenvalue weighted by Gasteiger charge is 2.18. The molecule has 1 heterocycles. The molecule has 0 unspecified atom stereocenters. The van der Waals surface area contributed by atoms with Crippen LogP contribution in [-0.4, -0.2) is 15.5 Å². The van der Waals surface area contributed by atoms with Crippen molar-refractivity contribution in [2.45, 2.75) is 6.92 Å². The summed E-state index contributed by atoms with van der Waals surface area (Å²) < 4.78 is 7.71. The van der Waals surface area contributed by atoms with Crippen LogP contribution in [0.4, 0.5) is 10.5 Å². The average molecular weight is 273 g/mol. The molecule has 20 heavy (non-hydrogen) atoms. The van der Waals surface area contributed by atoms with Crippen molar-refractivity contribution in [2.24, 2.45) is 7.05 Å². The van der Waals surface area contributed by atoms with Crippen LogP contribution in [-0.2, 0) is 11.8 Å². The molecule has 0 saturated carbocycles. The van der Waals surface area contributed by atoms with E-state index in [1.165, 1.54) is 4.68 Å². The van der Waals surface area contributed by atoms with Crippen LogP contribution in [0.2, 0.25) is 0 Å². The molecule has 6 heteroatoms. The van der Waals surface area contributed by atoms with Crippen molar-refractivity contribution in [3.05, 3.63) is 59.2 Å². The molecule has 0 radical (unpaired) electrons. The SMILES string of the molecule is C=COC(=O)Nc1c(C)n(C)n(-c2ccccc2)c1=O. The lowest BCUT2D eigenvalue weighted by atomic mass is 10.3. The second-order valence-corrected chi connectivity index (χ2v) is 4.13. The summed E-state index contributed by atoms with van der Waals surface area (Å²) in [5.74, 6) is 0. The van der Waals surface area contributed by atoms with Crippen molar-refractivity contribution in [3.63, 3.8) is 0 Å². The molecular weight excluding hydrogens is 258 g/mol. The van der Waals surface area contributed by atoms with Crippen LogP contribution >= 0.6 is 0 Å². The number of benzene rings is 1. The molecule has 1 aromatic heterocycles. The van der Waals surface area contributed by atoms with Crippen LogP contribution in [0.25, 0.3) is 5.69 Å². The van der Waals surface area contributed by atoms with Gasteiger partial charge in [-0.3, -0.25) is 14.8 Å². The van der Waals surface area contributed by atoms with Gasteiger partial charge in [-0.05, 0) is 19.1 Å². The van der Waals surface area contributed by atoms with E-state index < -0.39 is 6.09 Å².